The summed E-state index contributed by atoms with van der Waals surface area (Å²) in [6, 6.07) is 3.45. The Morgan fingerprint density at radius 2 is 2.33 bits per heavy atom. The molecule has 6 heteroatoms. The molecule has 1 aromatic rings. The number of nitrogens with two attached hydrogens (primary N) is 1. The van der Waals surface area contributed by atoms with Crippen LogP contribution in [-0.4, -0.2) is 21.6 Å². The first-order chi connectivity index (χ1) is 6.97. The van der Waals surface area contributed by atoms with Crippen LogP contribution in [0.25, 0.3) is 0 Å². The molecule has 1 amide bonds. The fraction of sp³-hybridized carbons (Fsp3) is 0.333. The molecule has 0 radical (unpaired) electrons. The summed E-state index contributed by atoms with van der Waals surface area (Å²) < 4.78 is 0. The van der Waals surface area contributed by atoms with Crippen LogP contribution in [0, 0.1) is 11.3 Å². The summed E-state index contributed by atoms with van der Waals surface area (Å²) >= 11 is 0. The topological polar surface area (TPSA) is 105 Å². The molecular weight excluding hydrogens is 194 g/mol. The number of rotatable bonds is 3. The van der Waals surface area contributed by atoms with Crippen molar-refractivity contribution in [3.05, 3.63) is 17.8 Å². The molecule has 0 fully saturated rings. The van der Waals surface area contributed by atoms with Gasteiger partial charge >= 0.3 is 0 Å². The monoisotopic (exact) mass is 205 g/mol. The number of carbonyl (C=O) groups excluding carboxylic acids is 1. The molecule has 0 unspecified atom stereocenters. The summed E-state index contributed by atoms with van der Waals surface area (Å²) in [4.78, 5) is 11.1. The van der Waals surface area contributed by atoms with Gasteiger partial charge in [-0.05, 0) is 19.9 Å². The summed E-state index contributed by atoms with van der Waals surface area (Å²) in [5.74, 6) is -0.277. The van der Waals surface area contributed by atoms with Gasteiger partial charge in [0, 0.05) is 0 Å². The fourth-order valence-electron chi connectivity index (χ4n) is 0.872. The predicted molar refractivity (Wildman–Crippen MR) is 53.6 cm³/mol. The molecule has 0 aromatic carbocycles. The summed E-state index contributed by atoms with van der Waals surface area (Å²) in [6.45, 7) is 3.20. The molecule has 0 spiro atoms. The minimum atomic E-state index is -0.971. The molecule has 0 aliphatic rings. The number of hydrogen-bond donors (Lipinski definition) is 2. The molecule has 0 aliphatic carbocycles. The molecule has 3 N–H and O–H groups in total. The summed E-state index contributed by atoms with van der Waals surface area (Å²) in [6.07, 6.45) is 1.40. The van der Waals surface area contributed by atoms with E-state index < -0.39 is 11.4 Å². The Labute approximate surface area is 87.1 Å². The van der Waals surface area contributed by atoms with Gasteiger partial charge in [-0.25, -0.2) is 0 Å². The lowest BCUT2D eigenvalue weighted by Crippen LogP contribution is -2.45. The Morgan fingerprint density at radius 1 is 1.67 bits per heavy atom. The Hall–Kier alpha value is -2.16. The second kappa shape index (κ2) is 3.92. The van der Waals surface area contributed by atoms with Crippen LogP contribution in [0.15, 0.2) is 12.3 Å². The standard InChI is InChI=1S/C9H11N5O/c1-9(2,8(11)15)13-7-6(5-10)3-4-12-14-7/h3-4H,1-2H3,(H2,11,15)(H,13,14). The van der Waals surface area contributed by atoms with Crippen molar-refractivity contribution in [2.45, 2.75) is 19.4 Å². The third kappa shape index (κ3) is 2.40. The maximum Gasteiger partial charge on any atom is 0.242 e. The van der Waals surface area contributed by atoms with E-state index in [1.165, 1.54) is 12.3 Å². The summed E-state index contributed by atoms with van der Waals surface area (Å²) in [5.41, 5.74) is 4.53. The van der Waals surface area contributed by atoms with Gasteiger partial charge < -0.3 is 11.1 Å². The van der Waals surface area contributed by atoms with Gasteiger partial charge in [0.25, 0.3) is 0 Å². The quantitative estimate of drug-likeness (QED) is 0.724. The molecule has 0 saturated carbocycles. The smallest absolute Gasteiger partial charge is 0.242 e. The van der Waals surface area contributed by atoms with E-state index in [1.54, 1.807) is 13.8 Å². The van der Waals surface area contributed by atoms with Crippen molar-refractivity contribution in [2.24, 2.45) is 5.73 Å². The molecule has 1 rings (SSSR count). The normalized spacial score (nSPS) is 10.5. The van der Waals surface area contributed by atoms with Gasteiger partial charge in [-0.1, -0.05) is 0 Å². The molecule has 0 aliphatic heterocycles. The number of anilines is 1. The molecule has 1 heterocycles. The molecule has 0 bridgehead atoms. The van der Waals surface area contributed by atoms with Crippen LogP contribution in [0.5, 0.6) is 0 Å². The number of hydrogen-bond acceptors (Lipinski definition) is 5. The van der Waals surface area contributed by atoms with E-state index in [-0.39, 0.29) is 5.82 Å². The van der Waals surface area contributed by atoms with Gasteiger partial charge in [0.15, 0.2) is 5.82 Å². The Balaban J connectivity index is 3.00. The molecule has 0 saturated heterocycles. The van der Waals surface area contributed by atoms with Crippen LogP contribution in [0.4, 0.5) is 5.82 Å². The zero-order valence-corrected chi connectivity index (χ0v) is 8.48. The first-order valence-corrected chi connectivity index (χ1v) is 4.27. The lowest BCUT2D eigenvalue weighted by molar-refractivity contribution is -0.121. The van der Waals surface area contributed by atoms with Gasteiger partial charge in [-0.15, -0.1) is 5.10 Å². The van der Waals surface area contributed by atoms with Crippen LogP contribution < -0.4 is 11.1 Å². The predicted octanol–water partition coefficient (Wildman–Crippen LogP) is 0.0241. The maximum absolute atomic E-state index is 11.1. The minimum Gasteiger partial charge on any atom is -0.368 e. The van der Waals surface area contributed by atoms with Gasteiger partial charge in [0.05, 0.1) is 11.8 Å². The number of primary amides is 1. The Kier molecular flexibility index (Phi) is 2.85. The van der Waals surface area contributed by atoms with E-state index in [0.717, 1.165) is 0 Å². The number of aromatic nitrogens is 2. The van der Waals surface area contributed by atoms with E-state index in [0.29, 0.717) is 5.56 Å². The van der Waals surface area contributed by atoms with Crippen molar-refractivity contribution in [3.63, 3.8) is 0 Å². The van der Waals surface area contributed by atoms with E-state index in [4.69, 9.17) is 11.0 Å². The van der Waals surface area contributed by atoms with Crippen LogP contribution in [-0.2, 0) is 4.79 Å². The number of carbonyl (C=O) groups is 1. The Bertz CT molecular complexity index is 421. The molecule has 78 valence electrons. The number of nitrogens with zero attached hydrogens (tertiary/aromatic N) is 3. The van der Waals surface area contributed by atoms with E-state index in [9.17, 15) is 4.79 Å². The highest BCUT2D eigenvalue weighted by Crippen LogP contribution is 2.15. The zero-order chi connectivity index (χ0) is 11.5. The van der Waals surface area contributed by atoms with Gasteiger partial charge in [-0.3, -0.25) is 4.79 Å². The van der Waals surface area contributed by atoms with Crippen LogP contribution >= 0.6 is 0 Å². The van der Waals surface area contributed by atoms with Crippen LogP contribution in [0.1, 0.15) is 19.4 Å². The second-order valence-electron chi connectivity index (χ2n) is 3.52. The average molecular weight is 205 g/mol. The molecular formula is C9H11N5O. The highest BCUT2D eigenvalue weighted by atomic mass is 16.1. The maximum atomic E-state index is 11.1. The van der Waals surface area contributed by atoms with Crippen molar-refractivity contribution in [3.8, 4) is 6.07 Å². The minimum absolute atomic E-state index is 0.254. The van der Waals surface area contributed by atoms with Crippen molar-refractivity contribution in [1.82, 2.24) is 10.2 Å². The number of amides is 1. The van der Waals surface area contributed by atoms with Gasteiger partial charge in [-0.2, -0.15) is 10.4 Å². The molecule has 15 heavy (non-hydrogen) atoms. The van der Waals surface area contributed by atoms with Crippen molar-refractivity contribution < 1.29 is 4.79 Å². The van der Waals surface area contributed by atoms with Crippen LogP contribution in [0.2, 0.25) is 0 Å². The Morgan fingerprint density at radius 3 is 2.87 bits per heavy atom. The lowest BCUT2D eigenvalue weighted by Gasteiger charge is -2.22. The van der Waals surface area contributed by atoms with Crippen molar-refractivity contribution >= 4 is 11.7 Å². The van der Waals surface area contributed by atoms with Gasteiger partial charge in [0.2, 0.25) is 5.91 Å². The van der Waals surface area contributed by atoms with Crippen molar-refractivity contribution in [1.29, 1.82) is 5.26 Å². The second-order valence-corrected chi connectivity index (χ2v) is 3.52. The average Bonchev–Trinajstić information content (AvgIpc) is 2.18. The summed E-state index contributed by atoms with van der Waals surface area (Å²) in [7, 11) is 0. The SMILES string of the molecule is CC(C)(Nc1nnccc1C#N)C(N)=O. The zero-order valence-electron chi connectivity index (χ0n) is 8.48. The largest absolute Gasteiger partial charge is 0.368 e. The number of nitriles is 1. The van der Waals surface area contributed by atoms with E-state index >= 15 is 0 Å². The number of nitrogens with one attached hydrogen (secondary N) is 1. The first kappa shape index (κ1) is 10.9. The molecule has 6 nitrogen and oxygen atoms in total. The van der Waals surface area contributed by atoms with Crippen molar-refractivity contribution in [2.75, 3.05) is 5.32 Å². The highest BCUT2D eigenvalue weighted by Gasteiger charge is 2.26. The van der Waals surface area contributed by atoms with Crippen LogP contribution in [0.3, 0.4) is 0 Å². The third-order valence-corrected chi connectivity index (χ3v) is 1.89. The fourth-order valence-corrected chi connectivity index (χ4v) is 0.872. The highest BCUT2D eigenvalue weighted by molar-refractivity contribution is 5.86. The lowest BCUT2D eigenvalue weighted by atomic mass is 10.1. The van der Waals surface area contributed by atoms with Gasteiger partial charge in [0.1, 0.15) is 11.6 Å². The first-order valence-electron chi connectivity index (χ1n) is 4.27. The summed E-state index contributed by atoms with van der Waals surface area (Å²) in [5, 5.41) is 18.9. The molecule has 1 aromatic heterocycles. The third-order valence-electron chi connectivity index (χ3n) is 1.89. The van der Waals surface area contributed by atoms with E-state index in [2.05, 4.69) is 15.5 Å². The van der Waals surface area contributed by atoms with E-state index in [1.807, 2.05) is 6.07 Å². The molecule has 0 atom stereocenters.